The van der Waals surface area contributed by atoms with Crippen LogP contribution in [0, 0.1) is 18.2 Å². The minimum atomic E-state index is -0.598. The van der Waals surface area contributed by atoms with Crippen molar-refractivity contribution in [1.82, 2.24) is 0 Å². The lowest BCUT2D eigenvalue weighted by Crippen LogP contribution is -2.03. The number of para-hydroxylation sites is 1. The highest BCUT2D eigenvalue weighted by Gasteiger charge is 2.44. The van der Waals surface area contributed by atoms with E-state index in [1.54, 1.807) is 12.1 Å². The molecule has 0 aromatic heterocycles. The summed E-state index contributed by atoms with van der Waals surface area (Å²) in [6.45, 7) is 0. The number of aromatic hydroxyl groups is 1. The topological polar surface area (TPSA) is 20.2 Å². The van der Waals surface area contributed by atoms with E-state index in [0.717, 1.165) is 12.8 Å². The molecule has 1 aromatic carbocycles. The Balaban J connectivity index is 2.54. The molecule has 0 radical (unpaired) electrons. The smallest absolute Gasteiger partial charge is 0.165 e. The lowest BCUT2D eigenvalue weighted by atomic mass is 9.96. The minimum Gasteiger partial charge on any atom is -0.505 e. The number of hydrogen-bond acceptors (Lipinski definition) is 1. The number of rotatable bonds is 1. The molecule has 1 aliphatic carbocycles. The van der Waals surface area contributed by atoms with E-state index >= 15 is 0 Å². The fourth-order valence-corrected chi connectivity index (χ4v) is 1.52. The summed E-state index contributed by atoms with van der Waals surface area (Å²) >= 11 is 0. The van der Waals surface area contributed by atoms with Gasteiger partial charge in [0.15, 0.2) is 11.6 Å². The molecule has 1 fully saturated rings. The molecule has 0 heterocycles. The Morgan fingerprint density at radius 1 is 1.46 bits per heavy atom. The van der Waals surface area contributed by atoms with Crippen LogP contribution in [-0.4, -0.2) is 5.11 Å². The molecule has 0 bridgehead atoms. The quantitative estimate of drug-likeness (QED) is 0.650. The largest absolute Gasteiger partial charge is 0.505 e. The van der Waals surface area contributed by atoms with Crippen molar-refractivity contribution < 1.29 is 9.50 Å². The predicted octanol–water partition coefficient (Wildman–Crippen LogP) is 2.20. The monoisotopic (exact) mass is 176 g/mol. The van der Waals surface area contributed by atoms with Crippen LogP contribution in [0.25, 0.3) is 0 Å². The Morgan fingerprint density at radius 3 is 2.69 bits per heavy atom. The van der Waals surface area contributed by atoms with Crippen molar-refractivity contribution in [3.8, 4) is 18.1 Å². The molecule has 0 aliphatic heterocycles. The first-order valence-electron chi connectivity index (χ1n) is 4.15. The van der Waals surface area contributed by atoms with Crippen LogP contribution < -0.4 is 0 Å². The number of halogens is 1. The third-order valence-electron chi connectivity index (χ3n) is 2.53. The van der Waals surface area contributed by atoms with E-state index in [4.69, 9.17) is 6.42 Å². The Labute approximate surface area is 76.2 Å². The molecule has 0 spiro atoms. The van der Waals surface area contributed by atoms with Crippen LogP contribution >= 0.6 is 0 Å². The van der Waals surface area contributed by atoms with Crippen molar-refractivity contribution in [3.63, 3.8) is 0 Å². The van der Waals surface area contributed by atoms with Gasteiger partial charge < -0.3 is 5.11 Å². The number of phenolic OH excluding ortho intramolecular Hbond substituents is 1. The van der Waals surface area contributed by atoms with Gasteiger partial charge in [0.1, 0.15) is 0 Å². The second-order valence-corrected chi connectivity index (χ2v) is 3.36. The molecule has 13 heavy (non-hydrogen) atoms. The SMILES string of the molecule is C#CC1(c2cccc(F)c2O)CC1. The normalized spacial score (nSPS) is 17.8. The van der Waals surface area contributed by atoms with Gasteiger partial charge >= 0.3 is 0 Å². The van der Waals surface area contributed by atoms with Gasteiger partial charge in [0.25, 0.3) is 0 Å². The Morgan fingerprint density at radius 2 is 2.15 bits per heavy atom. The van der Waals surface area contributed by atoms with Crippen molar-refractivity contribution in [2.45, 2.75) is 18.3 Å². The summed E-state index contributed by atoms with van der Waals surface area (Å²) in [4.78, 5) is 0. The van der Waals surface area contributed by atoms with E-state index in [1.165, 1.54) is 6.07 Å². The Hall–Kier alpha value is -1.49. The summed E-state index contributed by atoms with van der Waals surface area (Å²) in [6, 6.07) is 4.48. The van der Waals surface area contributed by atoms with Gasteiger partial charge in [-0.25, -0.2) is 4.39 Å². The first-order chi connectivity index (χ1) is 6.19. The lowest BCUT2D eigenvalue weighted by Gasteiger charge is -2.10. The predicted molar refractivity (Wildman–Crippen MR) is 47.8 cm³/mol. The molecular weight excluding hydrogens is 167 g/mol. The molecule has 0 saturated heterocycles. The van der Waals surface area contributed by atoms with E-state index in [1.807, 2.05) is 0 Å². The highest BCUT2D eigenvalue weighted by atomic mass is 19.1. The maximum atomic E-state index is 13.0. The molecule has 0 amide bonds. The fraction of sp³-hybridized carbons (Fsp3) is 0.273. The van der Waals surface area contributed by atoms with Crippen molar-refractivity contribution >= 4 is 0 Å². The van der Waals surface area contributed by atoms with Gasteiger partial charge in [-0.3, -0.25) is 0 Å². The molecule has 0 unspecified atom stereocenters. The van der Waals surface area contributed by atoms with Gasteiger partial charge in [-0.05, 0) is 18.9 Å². The molecule has 0 atom stereocenters. The van der Waals surface area contributed by atoms with Gasteiger partial charge in [-0.1, -0.05) is 18.1 Å². The molecule has 1 nitrogen and oxygen atoms in total. The molecule has 1 N–H and O–H groups in total. The number of benzene rings is 1. The zero-order valence-electron chi connectivity index (χ0n) is 7.05. The van der Waals surface area contributed by atoms with Crippen LogP contribution in [0.2, 0.25) is 0 Å². The summed E-state index contributed by atoms with van der Waals surface area (Å²) in [5, 5.41) is 9.43. The van der Waals surface area contributed by atoms with E-state index in [0.29, 0.717) is 5.56 Å². The van der Waals surface area contributed by atoms with Gasteiger partial charge in [0.05, 0.1) is 5.41 Å². The zero-order chi connectivity index (χ0) is 9.47. The van der Waals surface area contributed by atoms with Crippen molar-refractivity contribution in [2.24, 2.45) is 0 Å². The van der Waals surface area contributed by atoms with Gasteiger partial charge in [-0.15, -0.1) is 6.42 Å². The van der Waals surface area contributed by atoms with E-state index < -0.39 is 11.2 Å². The first-order valence-corrected chi connectivity index (χ1v) is 4.15. The van der Waals surface area contributed by atoms with Crippen LogP contribution in [0.3, 0.4) is 0 Å². The summed E-state index contributed by atoms with van der Waals surface area (Å²) in [5.41, 5.74) is 0.154. The first kappa shape index (κ1) is 8.12. The van der Waals surface area contributed by atoms with Crippen LogP contribution in [0.5, 0.6) is 5.75 Å². The molecule has 1 aromatic rings. The van der Waals surface area contributed by atoms with Crippen LogP contribution in [0.1, 0.15) is 18.4 Å². The van der Waals surface area contributed by atoms with Crippen LogP contribution in [-0.2, 0) is 5.41 Å². The minimum absolute atomic E-state index is 0.294. The van der Waals surface area contributed by atoms with Gasteiger partial charge in [0.2, 0.25) is 0 Å². The van der Waals surface area contributed by atoms with Crippen molar-refractivity contribution in [2.75, 3.05) is 0 Å². The highest BCUT2D eigenvalue weighted by Crippen LogP contribution is 2.50. The summed E-state index contributed by atoms with van der Waals surface area (Å²) in [6.07, 6.45) is 7.00. The highest BCUT2D eigenvalue weighted by molar-refractivity contribution is 5.48. The van der Waals surface area contributed by atoms with E-state index in [2.05, 4.69) is 5.92 Å². The summed E-state index contributed by atoms with van der Waals surface area (Å²) in [7, 11) is 0. The molecule has 66 valence electrons. The van der Waals surface area contributed by atoms with Crippen LogP contribution in [0.4, 0.5) is 4.39 Å². The van der Waals surface area contributed by atoms with Crippen molar-refractivity contribution in [1.29, 1.82) is 0 Å². The summed E-state index contributed by atoms with van der Waals surface area (Å²) < 4.78 is 13.0. The second-order valence-electron chi connectivity index (χ2n) is 3.36. The Bertz CT molecular complexity index is 386. The van der Waals surface area contributed by atoms with Gasteiger partial charge in [-0.2, -0.15) is 0 Å². The summed E-state index contributed by atoms with van der Waals surface area (Å²) in [5.74, 6) is 1.72. The second kappa shape index (κ2) is 2.50. The molecule has 1 saturated carbocycles. The molecule has 1 aliphatic rings. The maximum absolute atomic E-state index is 13.0. The lowest BCUT2D eigenvalue weighted by molar-refractivity contribution is 0.423. The Kier molecular flexibility index (Phi) is 1.56. The molecule has 2 rings (SSSR count). The molecule has 2 heteroatoms. The number of phenols is 1. The standard InChI is InChI=1S/C11H9FO/c1-2-11(6-7-11)8-4-3-5-9(12)10(8)13/h1,3-5,13H,6-7H2. The number of terminal acetylenes is 1. The molecular formula is C11H9FO. The average Bonchev–Trinajstić information content (AvgIpc) is 2.90. The van der Waals surface area contributed by atoms with Gasteiger partial charge in [0, 0.05) is 5.56 Å². The zero-order valence-corrected chi connectivity index (χ0v) is 7.05. The van der Waals surface area contributed by atoms with E-state index in [-0.39, 0.29) is 5.75 Å². The average molecular weight is 176 g/mol. The fourth-order valence-electron chi connectivity index (χ4n) is 1.52. The third-order valence-corrected chi connectivity index (χ3v) is 2.53. The maximum Gasteiger partial charge on any atom is 0.165 e. The third kappa shape index (κ3) is 1.08. The van der Waals surface area contributed by atoms with Crippen molar-refractivity contribution in [3.05, 3.63) is 29.6 Å². The van der Waals surface area contributed by atoms with E-state index in [9.17, 15) is 9.50 Å². The number of hydrogen-bond donors (Lipinski definition) is 1. The van der Waals surface area contributed by atoms with Crippen LogP contribution in [0.15, 0.2) is 18.2 Å².